The molecule has 27 heavy (non-hydrogen) atoms. The molecule has 3 nitrogen and oxygen atoms in total. The van der Waals surface area contributed by atoms with Crippen molar-refractivity contribution in [1.82, 2.24) is 4.90 Å². The molecule has 166 valence electrons. The van der Waals surface area contributed by atoms with Crippen LogP contribution in [0.1, 0.15) is 90.0 Å². The Bertz CT molecular complexity index is 372. The van der Waals surface area contributed by atoms with Crippen LogP contribution in [0.5, 0.6) is 0 Å². The van der Waals surface area contributed by atoms with E-state index in [9.17, 15) is 0 Å². The predicted octanol–water partition coefficient (Wildman–Crippen LogP) is 7.44. The van der Waals surface area contributed by atoms with Gasteiger partial charge in [-0.25, -0.2) is 0 Å². The Labute approximate surface area is 184 Å². The van der Waals surface area contributed by atoms with E-state index in [1.807, 2.05) is 0 Å². The molecule has 0 saturated carbocycles. The summed E-state index contributed by atoms with van der Waals surface area (Å²) < 4.78 is 0. The van der Waals surface area contributed by atoms with Gasteiger partial charge in [-0.1, -0.05) is 116 Å². The van der Waals surface area contributed by atoms with Gasteiger partial charge >= 0.3 is 16.8 Å². The monoisotopic (exact) mass is 444 g/mol. The number of likely N-dealkylation sites (N-methyl/N-ethyl adjacent to an activating group) is 1. The summed E-state index contributed by atoms with van der Waals surface area (Å²) in [5.41, 5.74) is 0.297. The number of nitrogens with zero attached hydrogens (tertiary/aromatic N) is 3. The maximum atomic E-state index is 5.24. The normalized spacial score (nSPS) is 13.8. The Morgan fingerprint density at radius 1 is 0.704 bits per heavy atom. The molecular formula is C22H51CoN3Si+. The molecule has 0 fully saturated rings. The first-order chi connectivity index (χ1) is 11.2. The summed E-state index contributed by atoms with van der Waals surface area (Å²) in [6.07, 6.45) is 0. The number of hydrogen-bond donors (Lipinski definition) is 0. The van der Waals surface area contributed by atoms with Crippen molar-refractivity contribution in [3.63, 3.8) is 0 Å². The van der Waals surface area contributed by atoms with Crippen molar-refractivity contribution in [2.24, 2.45) is 0 Å². The maximum absolute atomic E-state index is 5.24. The minimum absolute atomic E-state index is 0. The van der Waals surface area contributed by atoms with E-state index in [1.54, 1.807) is 0 Å². The molecule has 0 heterocycles. The molecule has 0 N–H and O–H groups in total. The molecule has 0 aliphatic carbocycles. The van der Waals surface area contributed by atoms with Gasteiger partial charge in [0.05, 0.1) is 0 Å². The SMILES string of the molecule is CC(C)(C)[N-]C(C)(C)C.CCN(CC)CC(C)(C)[N-][Si](C)(C)C(C)(C)C.[Co+3]. The quantitative estimate of drug-likeness (QED) is 0.392. The van der Waals surface area contributed by atoms with Crippen molar-refractivity contribution >= 4 is 8.24 Å². The Kier molecular flexibility index (Phi) is 14.0. The van der Waals surface area contributed by atoms with Crippen LogP contribution < -0.4 is 0 Å². The fraction of sp³-hybridized carbons (Fsp3) is 1.00. The Morgan fingerprint density at radius 3 is 1.22 bits per heavy atom. The van der Waals surface area contributed by atoms with Gasteiger partial charge in [0.15, 0.2) is 0 Å². The van der Waals surface area contributed by atoms with Crippen LogP contribution in [-0.2, 0) is 16.8 Å². The van der Waals surface area contributed by atoms with Gasteiger partial charge < -0.3 is 15.2 Å². The van der Waals surface area contributed by atoms with Gasteiger partial charge in [-0.05, 0) is 19.6 Å². The third kappa shape index (κ3) is 17.2. The molecule has 0 spiro atoms. The fourth-order valence-corrected chi connectivity index (χ4v) is 4.88. The molecule has 0 aromatic rings. The number of rotatable bonds is 6. The van der Waals surface area contributed by atoms with E-state index >= 15 is 0 Å². The second-order valence-corrected chi connectivity index (χ2v) is 16.5. The summed E-state index contributed by atoms with van der Waals surface area (Å²) >= 11 is 0. The molecule has 0 saturated heterocycles. The largest absolute Gasteiger partial charge is 3.00 e. The molecule has 0 rings (SSSR count). The zero-order valence-corrected chi connectivity index (χ0v) is 23.3. The molecule has 5 heteroatoms. The van der Waals surface area contributed by atoms with Crippen LogP contribution in [0.3, 0.4) is 0 Å². The summed E-state index contributed by atoms with van der Waals surface area (Å²) in [5.74, 6) is 0. The zero-order chi connectivity index (χ0) is 21.6. The van der Waals surface area contributed by atoms with Gasteiger partial charge in [0.2, 0.25) is 0 Å². The first-order valence-electron chi connectivity index (χ1n) is 10.4. The average Bonchev–Trinajstić information content (AvgIpc) is 2.29. The first kappa shape index (κ1) is 32.3. The third-order valence-corrected chi connectivity index (χ3v) is 9.43. The Morgan fingerprint density at radius 2 is 1.04 bits per heavy atom. The van der Waals surface area contributed by atoms with Crippen LogP contribution in [0.15, 0.2) is 0 Å². The topological polar surface area (TPSA) is 31.4 Å². The maximum Gasteiger partial charge on any atom is 3.00 e. The molecule has 0 aliphatic rings. The fourth-order valence-electron chi connectivity index (χ4n) is 2.96. The van der Waals surface area contributed by atoms with Crippen LogP contribution in [0, 0.1) is 0 Å². The summed E-state index contributed by atoms with van der Waals surface area (Å²) in [7, 11) is -1.53. The van der Waals surface area contributed by atoms with Crippen LogP contribution in [0.4, 0.5) is 0 Å². The number of hydrogen-bond acceptors (Lipinski definition) is 1. The smallest absolute Gasteiger partial charge is 0.658 e. The summed E-state index contributed by atoms with van der Waals surface area (Å²) in [4.78, 5) is 7.71. The van der Waals surface area contributed by atoms with Crippen molar-refractivity contribution in [3.8, 4) is 0 Å². The summed E-state index contributed by atoms with van der Waals surface area (Å²) in [5, 5.41) is 4.88. The van der Waals surface area contributed by atoms with Crippen molar-refractivity contribution in [1.29, 1.82) is 0 Å². The molecule has 0 atom stereocenters. The summed E-state index contributed by atoms with van der Waals surface area (Å²) in [6, 6.07) is 0. The predicted molar refractivity (Wildman–Crippen MR) is 125 cm³/mol. The average molecular weight is 445 g/mol. The molecule has 0 radical (unpaired) electrons. The van der Waals surface area contributed by atoms with E-state index < -0.39 is 8.24 Å². The van der Waals surface area contributed by atoms with Crippen LogP contribution >= 0.6 is 0 Å². The van der Waals surface area contributed by atoms with E-state index in [-0.39, 0.29) is 33.4 Å². The molecule has 0 aromatic carbocycles. The van der Waals surface area contributed by atoms with Crippen LogP contribution in [-0.4, -0.2) is 49.4 Å². The van der Waals surface area contributed by atoms with Crippen molar-refractivity contribution in [3.05, 3.63) is 10.3 Å². The molecule has 0 aliphatic heterocycles. The van der Waals surface area contributed by atoms with Crippen molar-refractivity contribution < 1.29 is 16.8 Å². The molecule has 0 aromatic heterocycles. The third-order valence-electron chi connectivity index (χ3n) is 4.59. The van der Waals surface area contributed by atoms with Crippen LogP contribution in [0.25, 0.3) is 10.3 Å². The van der Waals surface area contributed by atoms with Gasteiger partial charge in [0.1, 0.15) is 0 Å². The van der Waals surface area contributed by atoms with E-state index in [1.165, 1.54) is 0 Å². The molecule has 0 unspecified atom stereocenters. The Hall–Kier alpha value is 0.603. The van der Waals surface area contributed by atoms with Crippen LogP contribution in [0.2, 0.25) is 18.1 Å². The minimum atomic E-state index is -1.53. The van der Waals surface area contributed by atoms with Gasteiger partial charge in [0, 0.05) is 0 Å². The molecular weight excluding hydrogens is 393 g/mol. The van der Waals surface area contributed by atoms with E-state index in [2.05, 4.69) is 113 Å². The second kappa shape index (κ2) is 11.7. The minimum Gasteiger partial charge on any atom is -0.658 e. The zero-order valence-electron chi connectivity index (χ0n) is 21.3. The van der Waals surface area contributed by atoms with E-state index in [4.69, 9.17) is 4.98 Å². The standard InChI is InChI=1S/C14H33N2Si.C8H18N.Co/c1-10-16(11-2)12-14(6,7)15-17(8,9)13(3,4)5;1-7(2,3)9-8(4,5)6;/h10-12H2,1-9H3;1-6H3;/q2*-1;+3. The summed E-state index contributed by atoms with van der Waals surface area (Å²) in [6.45, 7) is 36.8. The Balaban J connectivity index is -0.000000491. The molecule has 0 amide bonds. The van der Waals surface area contributed by atoms with E-state index in [0.717, 1.165) is 19.6 Å². The van der Waals surface area contributed by atoms with Crippen molar-refractivity contribution in [2.45, 2.75) is 125 Å². The van der Waals surface area contributed by atoms with E-state index in [0.29, 0.717) is 5.04 Å². The van der Waals surface area contributed by atoms with Gasteiger partial charge in [0.25, 0.3) is 0 Å². The van der Waals surface area contributed by atoms with Crippen molar-refractivity contribution in [2.75, 3.05) is 19.6 Å². The van der Waals surface area contributed by atoms with Gasteiger partial charge in [-0.2, -0.15) is 0 Å². The van der Waals surface area contributed by atoms with Gasteiger partial charge in [-0.15, -0.1) is 16.6 Å². The second-order valence-electron chi connectivity index (χ2n) is 11.6. The first-order valence-corrected chi connectivity index (χ1v) is 13.3. The molecule has 0 bridgehead atoms. The van der Waals surface area contributed by atoms with Gasteiger partial charge in [-0.3, -0.25) is 0 Å².